The maximum Gasteiger partial charge on any atom is 0.134 e. The Labute approximate surface area is 67.2 Å². The molecule has 0 saturated carbocycles. The van der Waals surface area contributed by atoms with Crippen LogP contribution in [0.1, 0.15) is 26.2 Å². The Morgan fingerprint density at radius 3 is 2.64 bits per heavy atom. The first-order valence-electron chi connectivity index (χ1n) is 3.87. The van der Waals surface area contributed by atoms with E-state index in [0.29, 0.717) is 19.3 Å². The third-order valence-electron chi connectivity index (χ3n) is 1.66. The molecule has 0 bridgehead atoms. The molecule has 0 aliphatic heterocycles. The van der Waals surface area contributed by atoms with Crippen molar-refractivity contribution < 1.29 is 9.59 Å². The number of ketones is 1. The van der Waals surface area contributed by atoms with Crippen LogP contribution < -0.4 is 5.32 Å². The van der Waals surface area contributed by atoms with Gasteiger partial charge in [-0.25, -0.2) is 0 Å². The van der Waals surface area contributed by atoms with Crippen LogP contribution in [0.15, 0.2) is 0 Å². The summed E-state index contributed by atoms with van der Waals surface area (Å²) in [5.41, 5.74) is 0. The Morgan fingerprint density at radius 1 is 1.64 bits per heavy atom. The zero-order chi connectivity index (χ0) is 8.69. The first-order chi connectivity index (χ1) is 5.24. The van der Waals surface area contributed by atoms with Crippen LogP contribution >= 0.6 is 0 Å². The summed E-state index contributed by atoms with van der Waals surface area (Å²) in [6.07, 6.45) is 2.27. The van der Waals surface area contributed by atoms with Crippen LogP contribution in [0.4, 0.5) is 0 Å². The third kappa shape index (κ3) is 4.67. The van der Waals surface area contributed by atoms with Crippen LogP contribution in [0.3, 0.4) is 0 Å². The highest BCUT2D eigenvalue weighted by Crippen LogP contribution is 1.98. The second-order valence-electron chi connectivity index (χ2n) is 2.48. The van der Waals surface area contributed by atoms with Crippen molar-refractivity contribution in [2.24, 2.45) is 0 Å². The van der Waals surface area contributed by atoms with Crippen LogP contribution in [0.25, 0.3) is 0 Å². The van der Waals surface area contributed by atoms with Gasteiger partial charge in [-0.05, 0) is 7.05 Å². The number of Topliss-reactive ketones (excluding diaryl/α,β-unsaturated/α-hetero) is 1. The van der Waals surface area contributed by atoms with Crippen molar-refractivity contribution in [3.05, 3.63) is 0 Å². The van der Waals surface area contributed by atoms with E-state index in [1.165, 1.54) is 0 Å². The Bertz CT molecular complexity index is 134. The molecule has 0 saturated heterocycles. The molecular weight excluding hydrogens is 142 g/mol. The third-order valence-corrected chi connectivity index (χ3v) is 1.66. The Morgan fingerprint density at radius 2 is 2.27 bits per heavy atom. The molecule has 0 aromatic rings. The van der Waals surface area contributed by atoms with Gasteiger partial charge in [0.15, 0.2) is 0 Å². The lowest BCUT2D eigenvalue weighted by Gasteiger charge is -2.10. The van der Waals surface area contributed by atoms with Crippen molar-refractivity contribution in [2.45, 2.75) is 32.2 Å². The van der Waals surface area contributed by atoms with Gasteiger partial charge in [0, 0.05) is 25.3 Å². The molecular formula is C8H15NO2. The molecule has 3 heteroatoms. The molecule has 1 unspecified atom stereocenters. The number of aldehydes is 1. The van der Waals surface area contributed by atoms with E-state index >= 15 is 0 Å². The molecule has 0 aliphatic rings. The summed E-state index contributed by atoms with van der Waals surface area (Å²) in [6, 6.07) is 0.0277. The summed E-state index contributed by atoms with van der Waals surface area (Å²) < 4.78 is 0. The fraction of sp³-hybridized carbons (Fsp3) is 0.750. The molecule has 3 nitrogen and oxygen atoms in total. The second kappa shape index (κ2) is 6.04. The monoisotopic (exact) mass is 157 g/mol. The van der Waals surface area contributed by atoms with Gasteiger partial charge in [0.1, 0.15) is 12.1 Å². The first kappa shape index (κ1) is 10.3. The van der Waals surface area contributed by atoms with Gasteiger partial charge >= 0.3 is 0 Å². The highest BCUT2D eigenvalue weighted by Gasteiger charge is 2.08. The molecule has 0 spiro atoms. The fourth-order valence-corrected chi connectivity index (χ4v) is 0.839. The van der Waals surface area contributed by atoms with Crippen molar-refractivity contribution in [2.75, 3.05) is 7.05 Å². The average Bonchev–Trinajstić information content (AvgIpc) is 2.03. The summed E-state index contributed by atoms with van der Waals surface area (Å²) >= 11 is 0. The van der Waals surface area contributed by atoms with Gasteiger partial charge in [-0.1, -0.05) is 6.92 Å². The van der Waals surface area contributed by atoms with Gasteiger partial charge in [0.2, 0.25) is 0 Å². The number of carbonyl (C=O) groups is 2. The number of hydrogen-bond acceptors (Lipinski definition) is 3. The van der Waals surface area contributed by atoms with Gasteiger partial charge < -0.3 is 10.1 Å². The van der Waals surface area contributed by atoms with Gasteiger partial charge in [-0.2, -0.15) is 0 Å². The number of nitrogens with one attached hydrogen (secondary N) is 1. The Balaban J connectivity index is 3.67. The molecule has 1 atom stereocenters. The maximum absolute atomic E-state index is 10.9. The molecule has 0 aromatic heterocycles. The number of carbonyl (C=O) groups excluding carboxylic acids is 2. The summed E-state index contributed by atoms with van der Waals surface area (Å²) in [5, 5.41) is 2.92. The van der Waals surface area contributed by atoms with E-state index in [1.807, 2.05) is 6.92 Å². The molecule has 0 amide bonds. The lowest BCUT2D eigenvalue weighted by molar-refractivity contribution is -0.119. The van der Waals surface area contributed by atoms with E-state index in [0.717, 1.165) is 6.29 Å². The summed E-state index contributed by atoms with van der Waals surface area (Å²) in [7, 11) is 1.76. The minimum atomic E-state index is 0.0277. The molecule has 0 radical (unpaired) electrons. The lowest BCUT2D eigenvalue weighted by atomic mass is 10.1. The molecule has 11 heavy (non-hydrogen) atoms. The van der Waals surface area contributed by atoms with Gasteiger partial charge in [-0.3, -0.25) is 4.79 Å². The van der Waals surface area contributed by atoms with Gasteiger partial charge in [0.05, 0.1) is 0 Å². The Hall–Kier alpha value is -0.700. The summed E-state index contributed by atoms with van der Waals surface area (Å²) in [6.45, 7) is 1.83. The van der Waals surface area contributed by atoms with Crippen LogP contribution in [-0.4, -0.2) is 25.2 Å². The van der Waals surface area contributed by atoms with Crippen molar-refractivity contribution >= 4 is 12.1 Å². The highest BCUT2D eigenvalue weighted by molar-refractivity contribution is 5.79. The smallest absolute Gasteiger partial charge is 0.134 e. The molecule has 0 aliphatic carbocycles. The van der Waals surface area contributed by atoms with E-state index in [2.05, 4.69) is 5.32 Å². The number of rotatable bonds is 6. The molecule has 0 rings (SSSR count). The van der Waals surface area contributed by atoms with Gasteiger partial charge in [-0.15, -0.1) is 0 Å². The van der Waals surface area contributed by atoms with Crippen LogP contribution in [0, 0.1) is 0 Å². The molecule has 64 valence electrons. The Kier molecular flexibility index (Phi) is 5.65. The predicted molar refractivity (Wildman–Crippen MR) is 43.4 cm³/mol. The van der Waals surface area contributed by atoms with Gasteiger partial charge in [0.25, 0.3) is 0 Å². The van der Waals surface area contributed by atoms with Crippen molar-refractivity contribution in [3.63, 3.8) is 0 Å². The summed E-state index contributed by atoms with van der Waals surface area (Å²) in [4.78, 5) is 21.0. The second-order valence-corrected chi connectivity index (χ2v) is 2.48. The lowest BCUT2D eigenvalue weighted by Crippen LogP contribution is -2.28. The number of hydrogen-bond donors (Lipinski definition) is 1. The predicted octanol–water partition coefficient (Wildman–Crippen LogP) is 0.533. The first-order valence-corrected chi connectivity index (χ1v) is 3.87. The minimum Gasteiger partial charge on any atom is -0.316 e. The van der Waals surface area contributed by atoms with Crippen molar-refractivity contribution in [1.29, 1.82) is 0 Å². The molecule has 0 aromatic carbocycles. The maximum atomic E-state index is 10.9. The SMILES string of the molecule is CCC(=O)CC(CC=O)NC. The van der Waals surface area contributed by atoms with Crippen molar-refractivity contribution in [1.82, 2.24) is 5.32 Å². The van der Waals surface area contributed by atoms with Crippen LogP contribution in [0.2, 0.25) is 0 Å². The fourth-order valence-electron chi connectivity index (χ4n) is 0.839. The molecule has 0 fully saturated rings. The van der Waals surface area contributed by atoms with Crippen LogP contribution in [-0.2, 0) is 9.59 Å². The highest BCUT2D eigenvalue weighted by atomic mass is 16.1. The largest absolute Gasteiger partial charge is 0.316 e. The van der Waals surface area contributed by atoms with E-state index in [9.17, 15) is 9.59 Å². The topological polar surface area (TPSA) is 46.2 Å². The zero-order valence-electron chi connectivity index (χ0n) is 7.09. The minimum absolute atomic E-state index is 0.0277. The zero-order valence-corrected chi connectivity index (χ0v) is 7.09. The quantitative estimate of drug-likeness (QED) is 0.572. The van der Waals surface area contributed by atoms with E-state index in [4.69, 9.17) is 0 Å². The van der Waals surface area contributed by atoms with E-state index in [1.54, 1.807) is 7.05 Å². The normalized spacial score (nSPS) is 12.5. The van der Waals surface area contributed by atoms with E-state index < -0.39 is 0 Å². The van der Waals surface area contributed by atoms with Crippen LogP contribution in [0.5, 0.6) is 0 Å². The summed E-state index contributed by atoms with van der Waals surface area (Å²) in [5.74, 6) is 0.200. The average molecular weight is 157 g/mol. The van der Waals surface area contributed by atoms with Crippen molar-refractivity contribution in [3.8, 4) is 0 Å². The molecule has 0 heterocycles. The molecule has 1 N–H and O–H groups in total. The standard InChI is InChI=1S/C8H15NO2/c1-3-8(11)6-7(9-2)4-5-10/h5,7,9H,3-4,6H2,1-2H3. The van der Waals surface area contributed by atoms with E-state index in [-0.39, 0.29) is 11.8 Å².